The number of Topliss-reactive ketones (excluding diaryl/α,β-unsaturated/α-hetero) is 1. The highest BCUT2D eigenvalue weighted by atomic mass is 16.5. The Morgan fingerprint density at radius 1 is 1.17 bits per heavy atom. The van der Waals surface area contributed by atoms with Crippen LogP contribution in [0.3, 0.4) is 0 Å². The van der Waals surface area contributed by atoms with Gasteiger partial charge in [-0.15, -0.1) is 0 Å². The van der Waals surface area contributed by atoms with E-state index in [9.17, 15) is 4.79 Å². The Balaban J connectivity index is 2.24. The third-order valence-corrected chi connectivity index (χ3v) is 3.18. The quantitative estimate of drug-likeness (QED) is 0.553. The predicted octanol–water partition coefficient (Wildman–Crippen LogP) is 2.07. The van der Waals surface area contributed by atoms with Gasteiger partial charge < -0.3 is 4.74 Å². The molecule has 0 aromatic heterocycles. The van der Waals surface area contributed by atoms with Crippen molar-refractivity contribution in [3.8, 4) is 0 Å². The summed E-state index contributed by atoms with van der Waals surface area (Å²) in [4.78, 5) is 11.3. The molecular weight excluding hydrogens is 152 g/mol. The predicted molar refractivity (Wildman–Crippen MR) is 46.0 cm³/mol. The zero-order valence-electron chi connectivity index (χ0n) is 7.85. The number of rotatable bonds is 0. The molecule has 0 aliphatic carbocycles. The lowest BCUT2D eigenvalue weighted by Gasteiger charge is -2.26. The molecule has 0 aromatic carbocycles. The first kappa shape index (κ1) is 8.24. The van der Waals surface area contributed by atoms with Gasteiger partial charge in [-0.2, -0.15) is 0 Å². The fourth-order valence-electron chi connectivity index (χ4n) is 2.44. The second-order valence-corrected chi connectivity index (χ2v) is 4.72. The molecule has 0 aromatic rings. The summed E-state index contributed by atoms with van der Waals surface area (Å²) in [5, 5.41) is 0. The molecule has 0 N–H and O–H groups in total. The summed E-state index contributed by atoms with van der Waals surface area (Å²) in [7, 11) is 0. The molecule has 2 heterocycles. The Hall–Kier alpha value is -0.370. The zero-order chi connectivity index (χ0) is 8.82. The number of carbonyl (C=O) groups is 1. The van der Waals surface area contributed by atoms with Gasteiger partial charge in [-0.1, -0.05) is 0 Å². The van der Waals surface area contributed by atoms with Crippen LogP contribution in [0.15, 0.2) is 0 Å². The van der Waals surface area contributed by atoms with E-state index in [0.717, 1.165) is 19.3 Å². The van der Waals surface area contributed by atoms with E-state index in [0.29, 0.717) is 18.6 Å². The second kappa shape index (κ2) is 2.32. The van der Waals surface area contributed by atoms with E-state index >= 15 is 0 Å². The summed E-state index contributed by atoms with van der Waals surface area (Å²) in [6, 6.07) is 0. The maximum atomic E-state index is 11.3. The molecule has 0 amide bonds. The van der Waals surface area contributed by atoms with Gasteiger partial charge in [0.05, 0.1) is 11.2 Å². The van der Waals surface area contributed by atoms with Crippen LogP contribution in [-0.4, -0.2) is 17.0 Å². The van der Waals surface area contributed by atoms with Gasteiger partial charge in [0.15, 0.2) is 0 Å². The van der Waals surface area contributed by atoms with E-state index in [2.05, 4.69) is 13.8 Å². The molecule has 2 aliphatic rings. The molecule has 2 saturated heterocycles. The van der Waals surface area contributed by atoms with Crippen LogP contribution >= 0.6 is 0 Å². The maximum Gasteiger partial charge on any atom is 0.135 e. The van der Waals surface area contributed by atoms with Crippen LogP contribution in [-0.2, 0) is 9.53 Å². The molecule has 2 nitrogen and oxygen atoms in total. The highest BCUT2D eigenvalue weighted by molar-refractivity contribution is 5.80. The molecule has 12 heavy (non-hydrogen) atoms. The van der Waals surface area contributed by atoms with Crippen molar-refractivity contribution in [2.24, 2.45) is 0 Å². The van der Waals surface area contributed by atoms with Crippen LogP contribution < -0.4 is 0 Å². The topological polar surface area (TPSA) is 26.3 Å². The average Bonchev–Trinajstić information content (AvgIpc) is 2.18. The van der Waals surface area contributed by atoms with Gasteiger partial charge in [0.1, 0.15) is 5.78 Å². The highest BCUT2D eigenvalue weighted by Crippen LogP contribution is 2.44. The van der Waals surface area contributed by atoms with Crippen molar-refractivity contribution in [3.05, 3.63) is 0 Å². The van der Waals surface area contributed by atoms with E-state index in [4.69, 9.17) is 4.74 Å². The standard InChI is InChI=1S/C10H16O2/c1-9-4-3-8(11)7-10(2,12-9)6-5-9/h3-7H2,1-2H3/t9-,10-/m1/s1. The van der Waals surface area contributed by atoms with Crippen LogP contribution in [0.25, 0.3) is 0 Å². The van der Waals surface area contributed by atoms with Crippen molar-refractivity contribution < 1.29 is 9.53 Å². The van der Waals surface area contributed by atoms with E-state index < -0.39 is 0 Å². The molecule has 0 spiro atoms. The van der Waals surface area contributed by atoms with E-state index in [-0.39, 0.29) is 11.2 Å². The smallest absolute Gasteiger partial charge is 0.135 e. The van der Waals surface area contributed by atoms with Gasteiger partial charge in [-0.25, -0.2) is 0 Å². The summed E-state index contributed by atoms with van der Waals surface area (Å²) in [5.74, 6) is 0.376. The highest BCUT2D eigenvalue weighted by Gasteiger charge is 2.46. The lowest BCUT2D eigenvalue weighted by molar-refractivity contribution is -0.123. The number of hydrogen-bond donors (Lipinski definition) is 0. The fraction of sp³-hybridized carbons (Fsp3) is 0.900. The van der Waals surface area contributed by atoms with Crippen LogP contribution in [0.2, 0.25) is 0 Å². The first-order valence-electron chi connectivity index (χ1n) is 4.73. The molecular formula is C10H16O2. The van der Waals surface area contributed by atoms with Gasteiger partial charge in [0, 0.05) is 12.8 Å². The molecule has 0 unspecified atom stereocenters. The lowest BCUT2D eigenvalue weighted by Crippen LogP contribution is -2.29. The zero-order valence-corrected chi connectivity index (χ0v) is 7.85. The number of hydrogen-bond acceptors (Lipinski definition) is 2. The number of ketones is 1. The summed E-state index contributed by atoms with van der Waals surface area (Å²) in [6.45, 7) is 4.21. The molecule has 2 rings (SSSR count). The molecule has 2 fully saturated rings. The molecule has 2 heteroatoms. The lowest BCUT2D eigenvalue weighted by atomic mass is 9.87. The molecule has 0 radical (unpaired) electrons. The number of ether oxygens (including phenoxy) is 1. The van der Waals surface area contributed by atoms with Crippen LogP contribution in [0.4, 0.5) is 0 Å². The Kier molecular flexibility index (Phi) is 1.59. The van der Waals surface area contributed by atoms with Gasteiger partial charge in [0.25, 0.3) is 0 Å². The second-order valence-electron chi connectivity index (χ2n) is 4.72. The van der Waals surface area contributed by atoms with E-state index in [1.54, 1.807) is 0 Å². The van der Waals surface area contributed by atoms with Gasteiger partial charge in [0.2, 0.25) is 0 Å². The van der Waals surface area contributed by atoms with Gasteiger partial charge in [-0.05, 0) is 33.1 Å². The Morgan fingerprint density at radius 2 is 1.83 bits per heavy atom. The third kappa shape index (κ3) is 1.28. The van der Waals surface area contributed by atoms with Gasteiger partial charge in [-0.3, -0.25) is 4.79 Å². The minimum Gasteiger partial charge on any atom is -0.369 e. The molecule has 0 saturated carbocycles. The monoisotopic (exact) mass is 168 g/mol. The van der Waals surface area contributed by atoms with Crippen molar-refractivity contribution >= 4 is 5.78 Å². The minimum absolute atomic E-state index is 0.000903. The van der Waals surface area contributed by atoms with Crippen molar-refractivity contribution in [2.45, 2.75) is 57.2 Å². The molecule has 2 atom stereocenters. The van der Waals surface area contributed by atoms with Crippen LogP contribution in [0, 0.1) is 0 Å². The van der Waals surface area contributed by atoms with E-state index in [1.165, 1.54) is 0 Å². The number of carbonyl (C=O) groups excluding carboxylic acids is 1. The molecule has 2 aliphatic heterocycles. The number of fused-ring (bicyclic) bond motifs is 2. The summed E-state index contributed by atoms with van der Waals surface area (Å²) in [5.41, 5.74) is -0.136. The summed E-state index contributed by atoms with van der Waals surface area (Å²) >= 11 is 0. The summed E-state index contributed by atoms with van der Waals surface area (Å²) in [6.07, 6.45) is 4.43. The first-order chi connectivity index (χ1) is 5.52. The van der Waals surface area contributed by atoms with Crippen molar-refractivity contribution in [1.29, 1.82) is 0 Å². The molecule has 2 bridgehead atoms. The SMILES string of the molecule is C[C@@]12CCC(=O)C[C@@](C)(CC1)O2. The normalized spacial score (nSPS) is 47.7. The third-order valence-electron chi connectivity index (χ3n) is 3.18. The minimum atomic E-state index is -0.137. The van der Waals surface area contributed by atoms with Crippen molar-refractivity contribution in [2.75, 3.05) is 0 Å². The van der Waals surface area contributed by atoms with Crippen LogP contribution in [0.5, 0.6) is 0 Å². The summed E-state index contributed by atoms with van der Waals surface area (Å²) < 4.78 is 5.95. The Bertz CT molecular complexity index is 224. The van der Waals surface area contributed by atoms with Crippen molar-refractivity contribution in [1.82, 2.24) is 0 Å². The van der Waals surface area contributed by atoms with Crippen LogP contribution in [0.1, 0.15) is 46.0 Å². The molecule has 68 valence electrons. The Labute approximate surface area is 73.3 Å². The largest absolute Gasteiger partial charge is 0.369 e. The first-order valence-corrected chi connectivity index (χ1v) is 4.73. The van der Waals surface area contributed by atoms with Crippen molar-refractivity contribution in [3.63, 3.8) is 0 Å². The van der Waals surface area contributed by atoms with Gasteiger partial charge >= 0.3 is 0 Å². The maximum absolute atomic E-state index is 11.3. The Morgan fingerprint density at radius 3 is 2.58 bits per heavy atom. The fourth-order valence-corrected chi connectivity index (χ4v) is 2.44. The van der Waals surface area contributed by atoms with E-state index in [1.807, 2.05) is 0 Å². The average molecular weight is 168 g/mol.